The number of ether oxygens (including phenoxy) is 1. The Morgan fingerprint density at radius 1 is 1.04 bits per heavy atom. The van der Waals surface area contributed by atoms with Crippen LogP contribution in [0.2, 0.25) is 0 Å². The van der Waals surface area contributed by atoms with E-state index in [0.717, 1.165) is 10.8 Å². The van der Waals surface area contributed by atoms with E-state index in [-0.39, 0.29) is 31.0 Å². The Morgan fingerprint density at radius 3 is 2.48 bits per heavy atom. The van der Waals surface area contributed by atoms with Gasteiger partial charge in [0.25, 0.3) is 5.91 Å². The summed E-state index contributed by atoms with van der Waals surface area (Å²) in [7, 11) is -4.04. The molecule has 1 aliphatic heterocycles. The van der Waals surface area contributed by atoms with Gasteiger partial charge in [-0.3, -0.25) is 10.0 Å². The highest BCUT2D eigenvalue weighted by molar-refractivity contribution is 7.89. The summed E-state index contributed by atoms with van der Waals surface area (Å²) in [5.41, 5.74) is 1.19. The standard InChI is InChI=1S/C18H18N2O6S/c21-17(19-22)18(7-9-25-10-8-18)20-27(23,24)12-5-6-14-13-3-1-2-4-15(13)26-16(14)11-12/h1-6,11,20,22H,7-10H2,(H,19,21). The molecule has 27 heavy (non-hydrogen) atoms. The quantitative estimate of drug-likeness (QED) is 0.463. The Bertz CT molecular complexity index is 1120. The first-order valence-corrected chi connectivity index (χ1v) is 9.91. The van der Waals surface area contributed by atoms with Crippen LogP contribution in [0, 0.1) is 0 Å². The monoisotopic (exact) mass is 390 g/mol. The summed E-state index contributed by atoms with van der Waals surface area (Å²) in [5, 5.41) is 10.7. The molecule has 8 nitrogen and oxygen atoms in total. The van der Waals surface area contributed by atoms with Crippen molar-refractivity contribution in [3.8, 4) is 0 Å². The maximum atomic E-state index is 12.9. The molecule has 142 valence electrons. The number of para-hydroxylation sites is 1. The van der Waals surface area contributed by atoms with Crippen LogP contribution in [-0.2, 0) is 19.6 Å². The molecule has 0 saturated carbocycles. The third-order valence-electron chi connectivity index (χ3n) is 4.87. The van der Waals surface area contributed by atoms with Crippen molar-refractivity contribution in [1.82, 2.24) is 10.2 Å². The van der Waals surface area contributed by atoms with E-state index in [1.54, 1.807) is 11.5 Å². The second-order valence-electron chi connectivity index (χ2n) is 6.50. The lowest BCUT2D eigenvalue weighted by Gasteiger charge is -2.35. The lowest BCUT2D eigenvalue weighted by Crippen LogP contribution is -2.60. The Labute approximate surface area is 155 Å². The van der Waals surface area contributed by atoms with Crippen molar-refractivity contribution in [2.45, 2.75) is 23.3 Å². The number of hydroxylamine groups is 1. The molecule has 2 heterocycles. The van der Waals surface area contributed by atoms with Gasteiger partial charge in [0.15, 0.2) is 0 Å². The Kier molecular flexibility index (Phi) is 4.39. The lowest BCUT2D eigenvalue weighted by molar-refractivity contribution is -0.139. The van der Waals surface area contributed by atoms with Crippen LogP contribution in [0.15, 0.2) is 51.8 Å². The average Bonchev–Trinajstić information content (AvgIpc) is 3.05. The summed E-state index contributed by atoms with van der Waals surface area (Å²) in [6, 6.07) is 12.0. The zero-order valence-corrected chi connectivity index (χ0v) is 15.1. The van der Waals surface area contributed by atoms with Gasteiger partial charge in [0.05, 0.1) is 4.90 Å². The summed E-state index contributed by atoms with van der Waals surface area (Å²) in [6.45, 7) is 0.414. The second kappa shape index (κ2) is 6.61. The van der Waals surface area contributed by atoms with Gasteiger partial charge in [0, 0.05) is 30.1 Å². The smallest absolute Gasteiger partial charge is 0.264 e. The van der Waals surface area contributed by atoms with Crippen molar-refractivity contribution in [3.05, 3.63) is 42.5 Å². The predicted molar refractivity (Wildman–Crippen MR) is 96.8 cm³/mol. The van der Waals surface area contributed by atoms with Crippen LogP contribution in [0.4, 0.5) is 0 Å². The van der Waals surface area contributed by atoms with E-state index >= 15 is 0 Å². The van der Waals surface area contributed by atoms with Gasteiger partial charge in [-0.25, -0.2) is 13.9 Å². The molecule has 1 amide bonds. The topological polar surface area (TPSA) is 118 Å². The zero-order valence-electron chi connectivity index (χ0n) is 14.3. The normalized spacial score (nSPS) is 17.2. The number of sulfonamides is 1. The van der Waals surface area contributed by atoms with Crippen LogP contribution in [0.5, 0.6) is 0 Å². The van der Waals surface area contributed by atoms with Crippen LogP contribution in [0.3, 0.4) is 0 Å². The molecule has 0 spiro atoms. The molecule has 1 aliphatic rings. The highest BCUT2D eigenvalue weighted by Gasteiger charge is 2.43. The molecule has 2 aromatic carbocycles. The van der Waals surface area contributed by atoms with Gasteiger partial charge >= 0.3 is 0 Å². The van der Waals surface area contributed by atoms with Crippen molar-refractivity contribution in [2.24, 2.45) is 0 Å². The summed E-state index contributed by atoms with van der Waals surface area (Å²) < 4.78 is 39.3. The predicted octanol–water partition coefficient (Wildman–Crippen LogP) is 1.92. The van der Waals surface area contributed by atoms with E-state index in [9.17, 15) is 13.2 Å². The fourth-order valence-corrected chi connectivity index (χ4v) is 4.83. The van der Waals surface area contributed by atoms with Crippen LogP contribution < -0.4 is 10.2 Å². The molecular weight excluding hydrogens is 372 g/mol. The molecule has 3 aromatic rings. The van der Waals surface area contributed by atoms with Crippen molar-refractivity contribution in [2.75, 3.05) is 13.2 Å². The van der Waals surface area contributed by atoms with Gasteiger partial charge in [-0.2, -0.15) is 4.72 Å². The largest absolute Gasteiger partial charge is 0.456 e. The van der Waals surface area contributed by atoms with Crippen LogP contribution >= 0.6 is 0 Å². The molecule has 1 aromatic heterocycles. The van der Waals surface area contributed by atoms with Crippen molar-refractivity contribution >= 4 is 37.9 Å². The van der Waals surface area contributed by atoms with Crippen molar-refractivity contribution in [3.63, 3.8) is 0 Å². The van der Waals surface area contributed by atoms with Gasteiger partial charge in [0.1, 0.15) is 16.7 Å². The maximum Gasteiger partial charge on any atom is 0.264 e. The highest BCUT2D eigenvalue weighted by Crippen LogP contribution is 2.31. The van der Waals surface area contributed by atoms with E-state index < -0.39 is 21.5 Å². The average molecular weight is 390 g/mol. The maximum absolute atomic E-state index is 12.9. The lowest BCUT2D eigenvalue weighted by atomic mass is 9.91. The molecule has 9 heteroatoms. The summed E-state index contributed by atoms with van der Waals surface area (Å²) >= 11 is 0. The molecular formula is C18H18N2O6S. The van der Waals surface area contributed by atoms with Crippen LogP contribution in [0.25, 0.3) is 21.9 Å². The third-order valence-corrected chi connectivity index (χ3v) is 6.41. The number of furan rings is 1. The highest BCUT2D eigenvalue weighted by atomic mass is 32.2. The van der Waals surface area contributed by atoms with Crippen molar-refractivity contribution < 1.29 is 27.6 Å². The number of nitrogens with one attached hydrogen (secondary N) is 2. The Hall–Kier alpha value is -2.46. The first-order valence-electron chi connectivity index (χ1n) is 8.43. The van der Waals surface area contributed by atoms with Gasteiger partial charge in [-0.15, -0.1) is 0 Å². The number of hydrogen-bond donors (Lipinski definition) is 3. The molecule has 0 bridgehead atoms. The molecule has 3 N–H and O–H groups in total. The molecule has 0 radical (unpaired) electrons. The second-order valence-corrected chi connectivity index (χ2v) is 8.18. The minimum absolute atomic E-state index is 0.0225. The van der Waals surface area contributed by atoms with Crippen molar-refractivity contribution in [1.29, 1.82) is 0 Å². The number of rotatable bonds is 4. The number of hydrogen-bond acceptors (Lipinski definition) is 6. The molecule has 0 atom stereocenters. The van der Waals surface area contributed by atoms with E-state index in [0.29, 0.717) is 11.2 Å². The number of carbonyl (C=O) groups excluding carboxylic acids is 1. The van der Waals surface area contributed by atoms with Gasteiger partial charge in [-0.1, -0.05) is 18.2 Å². The zero-order chi connectivity index (χ0) is 19.1. The summed E-state index contributed by atoms with van der Waals surface area (Å²) in [6.07, 6.45) is 0.233. The molecule has 1 saturated heterocycles. The summed E-state index contributed by atoms with van der Waals surface area (Å²) in [5.74, 6) is -0.806. The van der Waals surface area contributed by atoms with E-state index in [1.165, 1.54) is 12.1 Å². The minimum atomic E-state index is -4.04. The van der Waals surface area contributed by atoms with E-state index in [1.807, 2.05) is 24.3 Å². The Balaban J connectivity index is 1.74. The van der Waals surface area contributed by atoms with E-state index in [4.69, 9.17) is 14.4 Å². The van der Waals surface area contributed by atoms with Gasteiger partial charge in [-0.05, 0) is 31.0 Å². The molecule has 0 unspecified atom stereocenters. The number of fused-ring (bicyclic) bond motifs is 3. The van der Waals surface area contributed by atoms with Gasteiger partial charge < -0.3 is 9.15 Å². The molecule has 0 aliphatic carbocycles. The number of amides is 1. The number of carbonyl (C=O) groups is 1. The fourth-order valence-electron chi connectivity index (χ4n) is 3.39. The van der Waals surface area contributed by atoms with E-state index in [2.05, 4.69) is 4.72 Å². The summed E-state index contributed by atoms with van der Waals surface area (Å²) in [4.78, 5) is 12.1. The SMILES string of the molecule is O=C(NO)C1(NS(=O)(=O)c2ccc3c(c2)oc2ccccc23)CCOCC1. The van der Waals surface area contributed by atoms with Gasteiger partial charge in [0.2, 0.25) is 10.0 Å². The third kappa shape index (κ3) is 3.08. The first kappa shape index (κ1) is 17.9. The molecule has 1 fully saturated rings. The number of benzene rings is 2. The minimum Gasteiger partial charge on any atom is -0.456 e. The van der Waals surface area contributed by atoms with Crippen LogP contribution in [0.1, 0.15) is 12.8 Å². The Morgan fingerprint density at radius 2 is 1.74 bits per heavy atom. The first-order chi connectivity index (χ1) is 13.0. The fraction of sp³-hybridized carbons (Fsp3) is 0.278. The van der Waals surface area contributed by atoms with Crippen LogP contribution in [-0.4, -0.2) is 38.3 Å². The molecule has 4 rings (SSSR count).